The van der Waals surface area contributed by atoms with Gasteiger partial charge in [0.05, 0.1) is 13.2 Å². The van der Waals surface area contributed by atoms with Crippen molar-refractivity contribution in [1.82, 2.24) is 25.3 Å². The third-order valence-electron chi connectivity index (χ3n) is 7.13. The van der Waals surface area contributed by atoms with Crippen molar-refractivity contribution in [3.05, 3.63) is 47.3 Å². The van der Waals surface area contributed by atoms with Crippen LogP contribution in [0.15, 0.2) is 30.3 Å². The van der Waals surface area contributed by atoms with Crippen molar-refractivity contribution in [3.63, 3.8) is 0 Å². The van der Waals surface area contributed by atoms with Crippen molar-refractivity contribution >= 4 is 17.7 Å². The summed E-state index contributed by atoms with van der Waals surface area (Å²) >= 11 is 0. The molecule has 35 heavy (non-hydrogen) atoms. The van der Waals surface area contributed by atoms with Crippen LogP contribution in [0.25, 0.3) is 0 Å². The lowest BCUT2D eigenvalue weighted by molar-refractivity contribution is -0.133. The second-order valence-corrected chi connectivity index (χ2v) is 9.60. The van der Waals surface area contributed by atoms with Gasteiger partial charge in [-0.3, -0.25) is 19.1 Å². The zero-order valence-corrected chi connectivity index (χ0v) is 20.8. The van der Waals surface area contributed by atoms with E-state index in [4.69, 9.17) is 4.74 Å². The van der Waals surface area contributed by atoms with Crippen molar-refractivity contribution in [2.45, 2.75) is 77.0 Å². The Bertz CT molecular complexity index is 1090. The van der Waals surface area contributed by atoms with E-state index in [2.05, 4.69) is 15.7 Å². The van der Waals surface area contributed by atoms with E-state index in [0.29, 0.717) is 18.1 Å². The number of rotatable bonds is 7. The van der Waals surface area contributed by atoms with Crippen LogP contribution >= 0.6 is 0 Å². The van der Waals surface area contributed by atoms with Crippen molar-refractivity contribution in [2.75, 3.05) is 13.7 Å². The molecule has 1 aliphatic heterocycles. The summed E-state index contributed by atoms with van der Waals surface area (Å²) in [5.74, 6) is -0.187. The van der Waals surface area contributed by atoms with Gasteiger partial charge >= 0.3 is 0 Å². The monoisotopic (exact) mass is 481 g/mol. The molecule has 1 atom stereocenters. The first kappa shape index (κ1) is 24.8. The van der Waals surface area contributed by atoms with E-state index in [9.17, 15) is 14.4 Å². The summed E-state index contributed by atoms with van der Waals surface area (Å²) < 4.78 is 7.10. The lowest BCUT2D eigenvalue weighted by Gasteiger charge is -2.41. The van der Waals surface area contributed by atoms with Crippen LogP contribution in [0.4, 0.5) is 0 Å². The highest BCUT2D eigenvalue weighted by molar-refractivity contribution is 6.01. The molecule has 0 unspecified atom stereocenters. The Balaban J connectivity index is 1.47. The molecule has 0 spiro atoms. The topological polar surface area (TPSA) is 106 Å². The number of fused-ring (bicyclic) bond motifs is 1. The first-order chi connectivity index (χ1) is 16.8. The Morgan fingerprint density at radius 3 is 2.60 bits per heavy atom. The molecule has 4 rings (SSSR count). The van der Waals surface area contributed by atoms with Crippen LogP contribution in [0.5, 0.6) is 5.75 Å². The van der Waals surface area contributed by atoms with Crippen LogP contribution in [0.3, 0.4) is 0 Å². The maximum Gasteiger partial charge on any atom is 0.272 e. The average Bonchev–Trinajstić information content (AvgIpc) is 3.10. The Hall–Kier alpha value is -3.36. The smallest absolute Gasteiger partial charge is 0.272 e. The largest absolute Gasteiger partial charge is 0.494 e. The summed E-state index contributed by atoms with van der Waals surface area (Å²) in [5.41, 5.74) is 0.202. The number of likely N-dealkylation sites (N-methyl/N-ethyl adjacent to an activating group) is 1. The Morgan fingerprint density at radius 1 is 1.17 bits per heavy atom. The quantitative estimate of drug-likeness (QED) is 0.592. The van der Waals surface area contributed by atoms with Crippen molar-refractivity contribution in [3.8, 4) is 5.75 Å². The van der Waals surface area contributed by atoms with E-state index < -0.39 is 11.4 Å². The Morgan fingerprint density at radius 2 is 1.89 bits per heavy atom. The molecule has 1 aromatic heterocycles. The summed E-state index contributed by atoms with van der Waals surface area (Å²) in [7, 11) is 1.63. The van der Waals surface area contributed by atoms with E-state index >= 15 is 0 Å². The highest BCUT2D eigenvalue weighted by atomic mass is 16.5. The third-order valence-corrected chi connectivity index (χ3v) is 7.13. The summed E-state index contributed by atoms with van der Waals surface area (Å²) in [6.07, 6.45) is 6.52. The normalized spacial score (nSPS) is 20.7. The molecule has 2 N–H and O–H groups in total. The van der Waals surface area contributed by atoms with Crippen molar-refractivity contribution in [2.24, 2.45) is 0 Å². The number of hydrogen-bond donors (Lipinski definition) is 2. The molecule has 1 aliphatic carbocycles. The zero-order chi connectivity index (χ0) is 25.0. The van der Waals surface area contributed by atoms with Crippen LogP contribution < -0.4 is 15.4 Å². The van der Waals surface area contributed by atoms with Gasteiger partial charge in [-0.15, -0.1) is 0 Å². The van der Waals surface area contributed by atoms with Crippen molar-refractivity contribution < 1.29 is 19.1 Å². The second-order valence-electron chi connectivity index (χ2n) is 9.60. The minimum absolute atomic E-state index is 0.130. The van der Waals surface area contributed by atoms with Gasteiger partial charge in [0.1, 0.15) is 17.0 Å². The lowest BCUT2D eigenvalue weighted by Crippen LogP contribution is -2.63. The Kier molecular flexibility index (Phi) is 7.42. The fourth-order valence-electron chi connectivity index (χ4n) is 4.82. The van der Waals surface area contributed by atoms with Gasteiger partial charge in [-0.2, -0.15) is 5.10 Å². The van der Waals surface area contributed by atoms with Gasteiger partial charge in [-0.25, -0.2) is 0 Å². The molecule has 1 aromatic carbocycles. The minimum Gasteiger partial charge on any atom is -0.494 e. The van der Waals surface area contributed by atoms with Gasteiger partial charge in [-0.05, 0) is 32.8 Å². The fourth-order valence-corrected chi connectivity index (χ4v) is 4.82. The predicted octanol–water partition coefficient (Wildman–Crippen LogP) is 2.90. The van der Waals surface area contributed by atoms with E-state index in [0.717, 1.165) is 31.2 Å². The number of aromatic nitrogens is 2. The van der Waals surface area contributed by atoms with Gasteiger partial charge in [0.25, 0.3) is 11.8 Å². The summed E-state index contributed by atoms with van der Waals surface area (Å²) in [6, 6.07) is 9.13. The van der Waals surface area contributed by atoms with E-state index in [1.54, 1.807) is 14.0 Å². The molecule has 0 saturated heterocycles. The Labute approximate surface area is 206 Å². The number of amides is 3. The van der Waals surface area contributed by atoms with Gasteiger partial charge in [0, 0.05) is 31.3 Å². The molecule has 0 radical (unpaired) electrons. The number of nitrogens with one attached hydrogen (secondary N) is 2. The summed E-state index contributed by atoms with van der Waals surface area (Å²) in [6.45, 7) is 4.65. The molecule has 1 fully saturated rings. The van der Waals surface area contributed by atoms with Crippen LogP contribution in [-0.2, 0) is 17.9 Å². The number of ether oxygens (including phenoxy) is 1. The van der Waals surface area contributed by atoms with Crippen LogP contribution in [0.1, 0.15) is 78.9 Å². The first-order valence-corrected chi connectivity index (χ1v) is 12.5. The molecule has 2 heterocycles. The average molecular weight is 482 g/mol. The van der Waals surface area contributed by atoms with E-state index in [1.807, 2.05) is 31.2 Å². The predicted molar refractivity (Wildman–Crippen MR) is 131 cm³/mol. The van der Waals surface area contributed by atoms with E-state index in [1.165, 1.54) is 28.5 Å². The summed E-state index contributed by atoms with van der Waals surface area (Å²) in [4.78, 5) is 40.8. The molecular formula is C26H35N5O4. The molecule has 2 aliphatic rings. The van der Waals surface area contributed by atoms with Gasteiger partial charge in [0.2, 0.25) is 5.91 Å². The lowest BCUT2D eigenvalue weighted by atomic mass is 9.95. The molecule has 188 valence electrons. The molecule has 3 amide bonds. The van der Waals surface area contributed by atoms with Crippen LogP contribution in [0, 0.1) is 0 Å². The number of benzene rings is 1. The number of carbonyl (C=O) groups excluding carboxylic acids is 3. The fraction of sp³-hybridized carbons (Fsp3) is 0.538. The minimum atomic E-state index is -1.09. The highest BCUT2D eigenvalue weighted by Gasteiger charge is 2.46. The standard InChI is InChI=1S/C26H35N5O4/c1-4-35-22-14-10-9-11-18(22)16-27-23(32)20-15-21-24(33)30(3)26(2,17-31(21)29-20)25(34)28-19-12-7-5-6-8-13-19/h9-11,14-15,19H,4-8,12-13,16-17H2,1-3H3,(H,27,32)(H,28,34)/t26-/m1/s1. The first-order valence-electron chi connectivity index (χ1n) is 12.5. The molecule has 1 saturated carbocycles. The maximum atomic E-state index is 13.3. The molecule has 2 aromatic rings. The van der Waals surface area contributed by atoms with E-state index in [-0.39, 0.29) is 36.6 Å². The van der Waals surface area contributed by atoms with Crippen LogP contribution in [-0.4, -0.2) is 57.6 Å². The number of hydrogen-bond acceptors (Lipinski definition) is 5. The maximum absolute atomic E-state index is 13.3. The molecule has 9 heteroatoms. The number of nitrogens with zero attached hydrogens (tertiary/aromatic N) is 3. The highest BCUT2D eigenvalue weighted by Crippen LogP contribution is 2.27. The van der Waals surface area contributed by atoms with Gasteiger partial charge in [-0.1, -0.05) is 43.9 Å². The number of carbonyl (C=O) groups is 3. The van der Waals surface area contributed by atoms with Gasteiger partial charge < -0.3 is 20.3 Å². The third kappa shape index (κ3) is 5.18. The van der Waals surface area contributed by atoms with Crippen LogP contribution in [0.2, 0.25) is 0 Å². The van der Waals surface area contributed by atoms with Gasteiger partial charge in [0.15, 0.2) is 5.69 Å². The second kappa shape index (κ2) is 10.5. The van der Waals surface area contributed by atoms with Crippen molar-refractivity contribution in [1.29, 1.82) is 0 Å². The molecular weight excluding hydrogens is 446 g/mol. The molecule has 0 bridgehead atoms. The summed E-state index contributed by atoms with van der Waals surface area (Å²) in [5, 5.41) is 10.4. The molecule has 9 nitrogen and oxygen atoms in total. The number of para-hydroxylation sites is 1. The zero-order valence-electron chi connectivity index (χ0n) is 20.8. The SMILES string of the molecule is CCOc1ccccc1CNC(=O)c1cc2n(n1)C[C@](C)(C(=O)NC1CCCCCC1)N(C)C2=O.